The lowest BCUT2D eigenvalue weighted by Gasteiger charge is -2.40. The number of Topliss-reactive ketones (excluding diaryl/α,β-unsaturated/α-hetero) is 1. The molecule has 2 aromatic carbocycles. The van der Waals surface area contributed by atoms with Gasteiger partial charge in [-0.25, -0.2) is 25.6 Å². The minimum Gasteiger partial charge on any atom is -0.298 e. The molecule has 1 saturated carbocycles. The maximum Gasteiger partial charge on any atom is 0.188 e. The lowest BCUT2D eigenvalue weighted by atomic mass is 9.76. The van der Waals surface area contributed by atoms with Crippen LogP contribution < -0.4 is 0 Å². The zero-order chi connectivity index (χ0) is 24.6. The molecule has 3 rings (SSSR count). The predicted octanol–water partition coefficient (Wildman–Crippen LogP) is 4.87. The number of hydrogen-bond acceptors (Lipinski definition) is 5. The van der Waals surface area contributed by atoms with Crippen LogP contribution in [0.1, 0.15) is 44.6 Å². The van der Waals surface area contributed by atoms with Gasteiger partial charge in [-0.15, -0.1) is 0 Å². The SMILES string of the molecule is CC(C(=O)CC1CCC(c2cc(F)ccc2F)(S(=O)(=O)c2ccc(Cl)cc2)CC1)S(C)(=O)=O. The van der Waals surface area contributed by atoms with Gasteiger partial charge in [0.05, 0.1) is 4.90 Å². The van der Waals surface area contributed by atoms with E-state index in [1.54, 1.807) is 0 Å². The zero-order valence-electron chi connectivity index (χ0n) is 18.2. The van der Waals surface area contributed by atoms with E-state index in [0.717, 1.165) is 24.5 Å². The quantitative estimate of drug-likeness (QED) is 0.522. The molecule has 1 aliphatic rings. The van der Waals surface area contributed by atoms with E-state index >= 15 is 0 Å². The van der Waals surface area contributed by atoms with E-state index in [0.29, 0.717) is 5.02 Å². The van der Waals surface area contributed by atoms with E-state index in [1.165, 1.54) is 31.2 Å². The highest BCUT2D eigenvalue weighted by Crippen LogP contribution is 2.50. The zero-order valence-corrected chi connectivity index (χ0v) is 20.6. The van der Waals surface area contributed by atoms with E-state index < -0.39 is 47.1 Å². The van der Waals surface area contributed by atoms with Gasteiger partial charge in [0, 0.05) is 23.3 Å². The topological polar surface area (TPSA) is 85.3 Å². The Labute approximate surface area is 198 Å². The van der Waals surface area contributed by atoms with Crippen LogP contribution in [-0.4, -0.2) is 34.1 Å². The summed E-state index contributed by atoms with van der Waals surface area (Å²) in [5, 5.41) is -0.815. The molecule has 0 N–H and O–H groups in total. The van der Waals surface area contributed by atoms with Crippen LogP contribution in [-0.2, 0) is 29.2 Å². The Hall–Kier alpha value is -1.84. The van der Waals surface area contributed by atoms with E-state index in [4.69, 9.17) is 11.6 Å². The summed E-state index contributed by atoms with van der Waals surface area (Å²) in [4.78, 5) is 12.4. The van der Waals surface area contributed by atoms with Crippen LogP contribution >= 0.6 is 11.6 Å². The number of rotatable bonds is 7. The molecule has 0 amide bonds. The van der Waals surface area contributed by atoms with Crippen molar-refractivity contribution in [3.05, 3.63) is 64.7 Å². The van der Waals surface area contributed by atoms with Crippen molar-refractivity contribution in [1.29, 1.82) is 0 Å². The van der Waals surface area contributed by atoms with Crippen molar-refractivity contribution in [2.45, 2.75) is 53.9 Å². The second-order valence-corrected chi connectivity index (χ2v) is 13.7. The summed E-state index contributed by atoms with van der Waals surface area (Å²) in [7, 11) is -7.71. The standard InChI is InChI=1S/C23H25ClF2O5S2/c1-15(32(2,28)29)22(27)13-16-9-11-23(12-10-16,20-14-18(25)5-8-21(20)26)33(30,31)19-6-3-17(24)4-7-19/h3-8,14-16H,9-13H2,1-2H3. The lowest BCUT2D eigenvalue weighted by molar-refractivity contribution is -0.119. The average Bonchev–Trinajstić information content (AvgIpc) is 2.75. The normalized spacial score (nSPS) is 22.6. The first kappa shape index (κ1) is 25.8. The maximum absolute atomic E-state index is 14.9. The third-order valence-electron chi connectivity index (χ3n) is 6.56. The van der Waals surface area contributed by atoms with Crippen molar-refractivity contribution >= 4 is 37.1 Å². The molecule has 1 fully saturated rings. The van der Waals surface area contributed by atoms with Gasteiger partial charge in [-0.05, 0) is 81.0 Å². The van der Waals surface area contributed by atoms with Gasteiger partial charge in [-0.2, -0.15) is 0 Å². The third kappa shape index (κ3) is 5.15. The second kappa shape index (κ2) is 9.43. The third-order valence-corrected chi connectivity index (χ3v) is 10.9. The predicted molar refractivity (Wildman–Crippen MR) is 123 cm³/mol. The summed E-state index contributed by atoms with van der Waals surface area (Å²) in [5.74, 6) is -2.27. The van der Waals surface area contributed by atoms with Gasteiger partial charge in [0.2, 0.25) is 0 Å². The molecule has 2 aromatic rings. The summed E-state index contributed by atoms with van der Waals surface area (Å²) in [6.45, 7) is 1.33. The summed E-state index contributed by atoms with van der Waals surface area (Å²) in [6.07, 6.45) is 1.38. The number of carbonyl (C=O) groups is 1. The number of benzene rings is 2. The number of hydrogen-bond donors (Lipinski definition) is 0. The number of sulfone groups is 2. The van der Waals surface area contributed by atoms with Crippen molar-refractivity contribution in [2.75, 3.05) is 6.26 Å². The molecule has 180 valence electrons. The van der Waals surface area contributed by atoms with Crippen molar-refractivity contribution in [3.8, 4) is 0 Å². The Kier molecular flexibility index (Phi) is 7.36. The Morgan fingerprint density at radius 1 is 1.06 bits per heavy atom. The summed E-state index contributed by atoms with van der Waals surface area (Å²) >= 11 is 5.89. The number of halogens is 3. The van der Waals surface area contributed by atoms with E-state index in [9.17, 15) is 30.4 Å². The minimum absolute atomic E-state index is 0.0169. The molecule has 33 heavy (non-hydrogen) atoms. The smallest absolute Gasteiger partial charge is 0.188 e. The van der Waals surface area contributed by atoms with Gasteiger partial charge in [0.15, 0.2) is 25.5 Å². The van der Waals surface area contributed by atoms with Gasteiger partial charge in [-0.3, -0.25) is 4.79 Å². The highest BCUT2D eigenvalue weighted by atomic mass is 35.5. The van der Waals surface area contributed by atoms with Gasteiger partial charge >= 0.3 is 0 Å². The Balaban J connectivity index is 1.99. The molecule has 0 aliphatic heterocycles. The van der Waals surface area contributed by atoms with Gasteiger partial charge in [-0.1, -0.05) is 11.6 Å². The summed E-state index contributed by atoms with van der Waals surface area (Å²) in [5.41, 5.74) is -0.244. The molecule has 0 saturated heterocycles. The molecule has 1 aliphatic carbocycles. The molecule has 0 aromatic heterocycles. The molecule has 0 heterocycles. The summed E-state index contributed by atoms with van der Waals surface area (Å²) < 4.78 is 78.2. The van der Waals surface area contributed by atoms with Crippen molar-refractivity contribution in [2.24, 2.45) is 5.92 Å². The van der Waals surface area contributed by atoms with Crippen LogP contribution in [0.15, 0.2) is 47.4 Å². The van der Waals surface area contributed by atoms with Crippen LogP contribution in [0, 0.1) is 17.6 Å². The van der Waals surface area contributed by atoms with E-state index in [-0.39, 0.29) is 48.5 Å². The first-order valence-electron chi connectivity index (χ1n) is 10.5. The van der Waals surface area contributed by atoms with Crippen LogP contribution in [0.4, 0.5) is 8.78 Å². The highest BCUT2D eigenvalue weighted by Gasteiger charge is 2.50. The van der Waals surface area contributed by atoms with Crippen LogP contribution in [0.5, 0.6) is 0 Å². The van der Waals surface area contributed by atoms with E-state index in [2.05, 4.69) is 0 Å². The molecule has 1 unspecified atom stereocenters. The highest BCUT2D eigenvalue weighted by molar-refractivity contribution is 7.92. The largest absolute Gasteiger partial charge is 0.298 e. The molecule has 0 bridgehead atoms. The van der Waals surface area contributed by atoms with Gasteiger partial charge in [0.25, 0.3) is 0 Å². The molecular weight excluding hydrogens is 494 g/mol. The fraction of sp³-hybridized carbons (Fsp3) is 0.435. The second-order valence-electron chi connectivity index (χ2n) is 8.66. The van der Waals surface area contributed by atoms with Crippen molar-refractivity contribution in [1.82, 2.24) is 0 Å². The van der Waals surface area contributed by atoms with E-state index in [1.807, 2.05) is 0 Å². The Morgan fingerprint density at radius 3 is 2.18 bits per heavy atom. The Bertz CT molecular complexity index is 1250. The molecule has 10 heteroatoms. The number of carbonyl (C=O) groups excluding carboxylic acids is 1. The fourth-order valence-electron chi connectivity index (χ4n) is 4.41. The number of ketones is 1. The fourth-order valence-corrected chi connectivity index (χ4v) is 7.27. The lowest BCUT2D eigenvalue weighted by Crippen LogP contribution is -2.41. The van der Waals surface area contributed by atoms with Crippen molar-refractivity contribution in [3.63, 3.8) is 0 Å². The maximum atomic E-state index is 14.9. The van der Waals surface area contributed by atoms with Crippen LogP contribution in [0.3, 0.4) is 0 Å². The molecule has 0 radical (unpaired) electrons. The van der Waals surface area contributed by atoms with Gasteiger partial charge in [0.1, 0.15) is 21.6 Å². The monoisotopic (exact) mass is 518 g/mol. The average molecular weight is 519 g/mol. The minimum atomic E-state index is -4.17. The molecule has 1 atom stereocenters. The van der Waals surface area contributed by atoms with Crippen molar-refractivity contribution < 1.29 is 30.4 Å². The van der Waals surface area contributed by atoms with Crippen LogP contribution in [0.25, 0.3) is 0 Å². The first-order chi connectivity index (χ1) is 15.3. The van der Waals surface area contributed by atoms with Gasteiger partial charge < -0.3 is 0 Å². The Morgan fingerprint density at radius 2 is 1.64 bits per heavy atom. The molecular formula is C23H25ClF2O5S2. The first-order valence-corrected chi connectivity index (χ1v) is 14.3. The van der Waals surface area contributed by atoms with Crippen LogP contribution in [0.2, 0.25) is 5.02 Å². The molecule has 0 spiro atoms. The summed E-state index contributed by atoms with van der Waals surface area (Å²) in [6, 6.07) is 8.26. The molecule has 5 nitrogen and oxygen atoms in total.